The normalized spacial score (nSPS) is 11.2. The molecular formula is C56H39N. The highest BCUT2D eigenvalue weighted by Crippen LogP contribution is 2.50. The molecule has 1 heteroatoms. The molecule has 0 atom stereocenters. The van der Waals surface area contributed by atoms with Gasteiger partial charge in [0.05, 0.1) is 17.1 Å². The summed E-state index contributed by atoms with van der Waals surface area (Å²) in [6.07, 6.45) is 0. The summed E-state index contributed by atoms with van der Waals surface area (Å²) in [4.78, 5) is 2.50. The molecule has 0 unspecified atom stereocenters. The van der Waals surface area contributed by atoms with Gasteiger partial charge in [0.25, 0.3) is 0 Å². The maximum Gasteiger partial charge on any atom is 0.0540 e. The second-order valence-corrected chi connectivity index (χ2v) is 14.4. The Morgan fingerprint density at radius 2 is 0.579 bits per heavy atom. The Morgan fingerprint density at radius 3 is 1.23 bits per heavy atom. The fourth-order valence-corrected chi connectivity index (χ4v) is 8.55. The lowest BCUT2D eigenvalue weighted by molar-refractivity contribution is 1.30. The fraction of sp³-hybridized carbons (Fsp3) is 0. The van der Waals surface area contributed by atoms with E-state index < -0.39 is 0 Å². The number of rotatable bonds is 8. The summed E-state index contributed by atoms with van der Waals surface area (Å²) in [6, 6.07) is 85.7. The first kappa shape index (κ1) is 34.0. The van der Waals surface area contributed by atoms with E-state index in [4.69, 9.17) is 0 Å². The van der Waals surface area contributed by atoms with E-state index in [1.807, 2.05) is 0 Å². The third kappa shape index (κ3) is 6.26. The van der Waals surface area contributed by atoms with Gasteiger partial charge >= 0.3 is 0 Å². The van der Waals surface area contributed by atoms with Crippen LogP contribution in [0.2, 0.25) is 0 Å². The van der Waals surface area contributed by atoms with Crippen molar-refractivity contribution in [2.45, 2.75) is 0 Å². The highest BCUT2D eigenvalue weighted by molar-refractivity contribution is 6.10. The van der Waals surface area contributed by atoms with Gasteiger partial charge in [0.1, 0.15) is 0 Å². The molecule has 0 spiro atoms. The maximum absolute atomic E-state index is 2.50. The zero-order valence-corrected chi connectivity index (χ0v) is 31.5. The molecule has 0 heterocycles. The van der Waals surface area contributed by atoms with E-state index in [0.29, 0.717) is 0 Å². The Labute approximate surface area is 334 Å². The van der Waals surface area contributed by atoms with Crippen LogP contribution in [-0.4, -0.2) is 0 Å². The van der Waals surface area contributed by atoms with Gasteiger partial charge in [-0.25, -0.2) is 0 Å². The number of hydrogen-bond donors (Lipinski definition) is 0. The highest BCUT2D eigenvalue weighted by Gasteiger charge is 2.24. The van der Waals surface area contributed by atoms with Crippen molar-refractivity contribution >= 4 is 38.6 Å². The van der Waals surface area contributed by atoms with Crippen LogP contribution in [0.15, 0.2) is 237 Å². The van der Waals surface area contributed by atoms with Gasteiger partial charge in [-0.3, -0.25) is 0 Å². The first-order valence-corrected chi connectivity index (χ1v) is 19.6. The van der Waals surface area contributed by atoms with E-state index in [1.54, 1.807) is 0 Å². The summed E-state index contributed by atoms with van der Waals surface area (Å²) in [5.41, 5.74) is 15.3. The van der Waals surface area contributed by atoms with E-state index in [-0.39, 0.29) is 0 Å². The molecule has 0 saturated heterocycles. The number of para-hydroxylation sites is 2. The maximum atomic E-state index is 2.50. The Bertz CT molecular complexity index is 3010. The minimum Gasteiger partial charge on any atom is -0.309 e. The third-order valence-corrected chi connectivity index (χ3v) is 11.1. The number of fused-ring (bicyclic) bond motifs is 2. The van der Waals surface area contributed by atoms with Crippen molar-refractivity contribution < 1.29 is 0 Å². The molecule has 0 bridgehead atoms. The van der Waals surface area contributed by atoms with Crippen molar-refractivity contribution in [2.75, 3.05) is 4.90 Å². The first-order valence-electron chi connectivity index (χ1n) is 19.6. The molecule has 1 nitrogen and oxygen atoms in total. The van der Waals surface area contributed by atoms with Crippen LogP contribution in [0.4, 0.5) is 17.1 Å². The van der Waals surface area contributed by atoms with Crippen molar-refractivity contribution in [1.29, 1.82) is 0 Å². The van der Waals surface area contributed by atoms with Crippen molar-refractivity contribution in [1.82, 2.24) is 0 Å². The van der Waals surface area contributed by atoms with Crippen LogP contribution in [0.25, 0.3) is 77.2 Å². The monoisotopic (exact) mass is 725 g/mol. The molecule has 10 aromatic carbocycles. The van der Waals surface area contributed by atoms with Crippen molar-refractivity contribution in [3.8, 4) is 55.6 Å². The summed E-state index contributed by atoms with van der Waals surface area (Å²) in [6.45, 7) is 0. The van der Waals surface area contributed by atoms with Crippen LogP contribution in [0.3, 0.4) is 0 Å². The average molecular weight is 726 g/mol. The molecule has 0 fully saturated rings. The molecule has 0 amide bonds. The highest BCUT2D eigenvalue weighted by atomic mass is 15.1. The third-order valence-electron chi connectivity index (χ3n) is 11.1. The standard InChI is InChI=1S/C56H39N/c1-3-20-40(21-4-1)44-28-9-10-30-47(44)48-31-11-12-32-49(48)50-33-13-15-37-54(50)57(53-39-19-25-41-24-7-8-29-45(41)53)55-38-16-14-34-51(55)52-36-18-27-43-26-17-35-46(56(43)52)42-22-5-2-6-23-42/h1-39H. The molecule has 57 heavy (non-hydrogen) atoms. The van der Waals surface area contributed by atoms with Gasteiger partial charge in [-0.1, -0.05) is 218 Å². The topological polar surface area (TPSA) is 3.24 Å². The van der Waals surface area contributed by atoms with Gasteiger partial charge in [-0.2, -0.15) is 0 Å². The van der Waals surface area contributed by atoms with Crippen molar-refractivity contribution in [3.05, 3.63) is 237 Å². The van der Waals surface area contributed by atoms with Gasteiger partial charge in [-0.15, -0.1) is 0 Å². The van der Waals surface area contributed by atoms with Crippen LogP contribution in [0.5, 0.6) is 0 Å². The quantitative estimate of drug-likeness (QED) is 0.151. The van der Waals surface area contributed by atoms with Gasteiger partial charge in [-0.05, 0) is 78.9 Å². The van der Waals surface area contributed by atoms with E-state index >= 15 is 0 Å². The lowest BCUT2D eigenvalue weighted by Crippen LogP contribution is -2.13. The van der Waals surface area contributed by atoms with Crippen LogP contribution in [0, 0.1) is 0 Å². The second kappa shape index (κ2) is 15.0. The Balaban J connectivity index is 1.25. The predicted octanol–water partition coefficient (Wildman–Crippen LogP) is 15.8. The van der Waals surface area contributed by atoms with E-state index in [0.717, 1.165) is 28.2 Å². The number of hydrogen-bond acceptors (Lipinski definition) is 1. The Hall–Kier alpha value is -7.48. The molecule has 10 aromatic rings. The predicted molar refractivity (Wildman–Crippen MR) is 243 cm³/mol. The number of nitrogens with zero attached hydrogens (tertiary/aromatic N) is 1. The fourth-order valence-electron chi connectivity index (χ4n) is 8.55. The Kier molecular flexibility index (Phi) is 8.95. The molecule has 0 saturated carbocycles. The molecular weight excluding hydrogens is 687 g/mol. The van der Waals surface area contributed by atoms with E-state index in [2.05, 4.69) is 241 Å². The minimum atomic E-state index is 1.11. The van der Waals surface area contributed by atoms with Gasteiger partial charge in [0.15, 0.2) is 0 Å². The van der Waals surface area contributed by atoms with Crippen molar-refractivity contribution in [2.24, 2.45) is 0 Å². The van der Waals surface area contributed by atoms with Crippen molar-refractivity contribution in [3.63, 3.8) is 0 Å². The average Bonchev–Trinajstić information content (AvgIpc) is 3.30. The molecule has 0 aliphatic rings. The van der Waals surface area contributed by atoms with Crippen LogP contribution >= 0.6 is 0 Å². The zero-order chi connectivity index (χ0) is 38.0. The molecule has 0 radical (unpaired) electrons. The summed E-state index contributed by atoms with van der Waals surface area (Å²) in [5, 5.41) is 4.85. The summed E-state index contributed by atoms with van der Waals surface area (Å²) in [5.74, 6) is 0. The smallest absolute Gasteiger partial charge is 0.0540 e. The number of anilines is 3. The minimum absolute atomic E-state index is 1.11. The summed E-state index contributed by atoms with van der Waals surface area (Å²) < 4.78 is 0. The van der Waals surface area contributed by atoms with Crippen LogP contribution in [-0.2, 0) is 0 Å². The lowest BCUT2D eigenvalue weighted by Gasteiger charge is -2.31. The summed E-state index contributed by atoms with van der Waals surface area (Å²) >= 11 is 0. The molecule has 0 N–H and O–H groups in total. The SMILES string of the molecule is c1ccc(-c2ccccc2-c2ccccc2-c2ccccc2N(c2ccccc2-c2cccc3cccc(-c4ccccc4)c23)c2cccc3ccccc23)cc1. The summed E-state index contributed by atoms with van der Waals surface area (Å²) in [7, 11) is 0. The number of benzene rings is 10. The zero-order valence-electron chi connectivity index (χ0n) is 31.5. The largest absolute Gasteiger partial charge is 0.309 e. The van der Waals surface area contributed by atoms with Gasteiger partial charge in [0.2, 0.25) is 0 Å². The van der Waals surface area contributed by atoms with E-state index in [1.165, 1.54) is 66.1 Å². The van der Waals surface area contributed by atoms with Crippen LogP contribution < -0.4 is 4.90 Å². The molecule has 268 valence electrons. The lowest BCUT2D eigenvalue weighted by atomic mass is 9.88. The molecule has 10 rings (SSSR count). The molecule has 0 aromatic heterocycles. The molecule has 0 aliphatic heterocycles. The second-order valence-electron chi connectivity index (χ2n) is 14.4. The Morgan fingerprint density at radius 1 is 0.211 bits per heavy atom. The van der Waals surface area contributed by atoms with Crippen LogP contribution in [0.1, 0.15) is 0 Å². The van der Waals surface area contributed by atoms with E-state index in [9.17, 15) is 0 Å². The van der Waals surface area contributed by atoms with Gasteiger partial charge < -0.3 is 4.90 Å². The molecule has 0 aliphatic carbocycles. The first-order chi connectivity index (χ1) is 28.3. The van der Waals surface area contributed by atoms with Gasteiger partial charge in [0, 0.05) is 16.5 Å².